The monoisotopic (exact) mass is 391 g/mol. The van der Waals surface area contributed by atoms with Crippen molar-refractivity contribution in [2.45, 2.75) is 0 Å². The first kappa shape index (κ1) is 17.9. The van der Waals surface area contributed by atoms with Crippen molar-refractivity contribution >= 4 is 22.4 Å². The number of methoxy groups -OCH3 is 1. The van der Waals surface area contributed by atoms with E-state index in [1.54, 1.807) is 13.2 Å². The molecule has 0 saturated carbocycles. The van der Waals surface area contributed by atoms with E-state index in [4.69, 9.17) is 9.47 Å². The Hall–Kier alpha value is -3.45. The number of nitrogens with zero attached hydrogens (tertiary/aromatic N) is 3. The lowest BCUT2D eigenvalue weighted by atomic mass is 10.2. The Labute approximate surface area is 165 Å². The van der Waals surface area contributed by atoms with Gasteiger partial charge in [0.1, 0.15) is 18.1 Å². The fraction of sp³-hybridized carbons (Fsp3) is 0.0952. The van der Waals surface area contributed by atoms with Gasteiger partial charge in [0.25, 0.3) is 5.56 Å². The van der Waals surface area contributed by atoms with Gasteiger partial charge in [0.15, 0.2) is 5.82 Å². The lowest BCUT2D eigenvalue weighted by Crippen LogP contribution is -2.23. The molecule has 0 aliphatic heterocycles. The van der Waals surface area contributed by atoms with Gasteiger partial charge in [-0.2, -0.15) is 9.50 Å². The summed E-state index contributed by atoms with van der Waals surface area (Å²) < 4.78 is 12.5. The topological polar surface area (TPSA) is 65.7 Å². The van der Waals surface area contributed by atoms with Gasteiger partial charge in [-0.05, 0) is 48.0 Å². The van der Waals surface area contributed by atoms with Crippen molar-refractivity contribution in [1.82, 2.24) is 14.6 Å². The summed E-state index contributed by atoms with van der Waals surface area (Å²) in [6.07, 6.45) is 3.52. The SMILES string of the molecule is C=CCOc1ccc(/C=c2\sc3nc(-c4ccc(OC)cc4)nn3c2=O)cc1. The number of hydrogen-bond acceptors (Lipinski definition) is 6. The van der Waals surface area contributed by atoms with E-state index in [0.717, 1.165) is 22.6 Å². The van der Waals surface area contributed by atoms with Gasteiger partial charge in [0.05, 0.1) is 11.6 Å². The average molecular weight is 391 g/mol. The molecule has 0 bridgehead atoms. The Kier molecular flexibility index (Phi) is 4.90. The second-order valence-corrected chi connectivity index (χ2v) is 6.95. The normalized spacial score (nSPS) is 11.7. The molecule has 0 saturated heterocycles. The molecule has 0 aliphatic rings. The fourth-order valence-electron chi connectivity index (χ4n) is 2.66. The highest BCUT2D eigenvalue weighted by Crippen LogP contribution is 2.20. The molecule has 0 amide bonds. The molecule has 2 aromatic carbocycles. The number of rotatable bonds is 6. The predicted octanol–water partition coefficient (Wildman–Crippen LogP) is 2.94. The molecule has 4 aromatic rings. The van der Waals surface area contributed by atoms with Crippen LogP contribution in [0.3, 0.4) is 0 Å². The summed E-state index contributed by atoms with van der Waals surface area (Å²) in [4.78, 5) is 17.7. The number of hydrogen-bond donors (Lipinski definition) is 0. The molecule has 7 heteroatoms. The van der Waals surface area contributed by atoms with Crippen molar-refractivity contribution in [2.75, 3.05) is 13.7 Å². The van der Waals surface area contributed by atoms with Gasteiger partial charge >= 0.3 is 0 Å². The molecule has 0 atom stereocenters. The zero-order chi connectivity index (χ0) is 19.5. The molecule has 2 aromatic heterocycles. The van der Waals surface area contributed by atoms with Crippen LogP contribution in [0.25, 0.3) is 22.4 Å². The minimum absolute atomic E-state index is 0.181. The van der Waals surface area contributed by atoms with Crippen molar-refractivity contribution in [1.29, 1.82) is 0 Å². The Morgan fingerprint density at radius 2 is 1.82 bits per heavy atom. The minimum Gasteiger partial charge on any atom is -0.497 e. The van der Waals surface area contributed by atoms with Gasteiger partial charge in [0, 0.05) is 5.56 Å². The lowest BCUT2D eigenvalue weighted by Gasteiger charge is -2.02. The Morgan fingerprint density at radius 3 is 2.46 bits per heavy atom. The van der Waals surface area contributed by atoms with E-state index in [1.165, 1.54) is 15.9 Å². The first-order chi connectivity index (χ1) is 13.7. The molecule has 28 heavy (non-hydrogen) atoms. The lowest BCUT2D eigenvalue weighted by molar-refractivity contribution is 0.363. The number of benzene rings is 2. The summed E-state index contributed by atoms with van der Waals surface area (Å²) in [6, 6.07) is 14.9. The molecule has 0 aliphatic carbocycles. The molecule has 0 N–H and O–H groups in total. The van der Waals surface area contributed by atoms with Gasteiger partial charge in [-0.15, -0.1) is 5.10 Å². The fourth-order valence-corrected chi connectivity index (χ4v) is 3.57. The molecule has 0 spiro atoms. The van der Waals surface area contributed by atoms with Gasteiger partial charge in [0.2, 0.25) is 4.96 Å². The predicted molar refractivity (Wildman–Crippen MR) is 110 cm³/mol. The number of fused-ring (bicyclic) bond motifs is 1. The minimum atomic E-state index is -0.181. The standard InChI is InChI=1S/C21H17N3O3S/c1-3-12-27-17-8-4-14(5-9-17)13-18-20(25)24-21(28-18)22-19(23-24)15-6-10-16(26-2)11-7-15/h3-11,13H,1,12H2,2H3/b18-13-. The van der Waals surface area contributed by atoms with Crippen molar-refractivity contribution in [3.8, 4) is 22.9 Å². The molecular weight excluding hydrogens is 374 g/mol. The van der Waals surface area contributed by atoms with E-state index in [-0.39, 0.29) is 5.56 Å². The zero-order valence-corrected chi connectivity index (χ0v) is 16.0. The zero-order valence-electron chi connectivity index (χ0n) is 15.2. The first-order valence-electron chi connectivity index (χ1n) is 8.57. The van der Waals surface area contributed by atoms with E-state index < -0.39 is 0 Å². The highest BCUT2D eigenvalue weighted by Gasteiger charge is 2.12. The van der Waals surface area contributed by atoms with Crippen LogP contribution >= 0.6 is 11.3 Å². The van der Waals surface area contributed by atoms with Crippen LogP contribution in [0.2, 0.25) is 0 Å². The van der Waals surface area contributed by atoms with Crippen molar-refractivity contribution in [2.24, 2.45) is 0 Å². The maximum atomic E-state index is 12.7. The van der Waals surface area contributed by atoms with Crippen LogP contribution in [-0.4, -0.2) is 28.3 Å². The largest absolute Gasteiger partial charge is 0.497 e. The van der Waals surface area contributed by atoms with Crippen LogP contribution in [-0.2, 0) is 0 Å². The molecule has 6 nitrogen and oxygen atoms in total. The average Bonchev–Trinajstić information content (AvgIpc) is 3.27. The second kappa shape index (κ2) is 7.66. The van der Waals surface area contributed by atoms with E-state index in [9.17, 15) is 4.79 Å². The van der Waals surface area contributed by atoms with Crippen molar-refractivity contribution in [3.05, 3.63) is 81.6 Å². The van der Waals surface area contributed by atoms with Crippen molar-refractivity contribution in [3.63, 3.8) is 0 Å². The van der Waals surface area contributed by atoms with Crippen molar-refractivity contribution < 1.29 is 9.47 Å². The third-order valence-electron chi connectivity index (χ3n) is 4.08. The van der Waals surface area contributed by atoms with E-state index in [2.05, 4.69) is 16.7 Å². The smallest absolute Gasteiger partial charge is 0.291 e. The van der Waals surface area contributed by atoms with E-state index in [1.807, 2.05) is 54.6 Å². The molecule has 0 fully saturated rings. The third-order valence-corrected chi connectivity index (χ3v) is 5.03. The summed E-state index contributed by atoms with van der Waals surface area (Å²) in [7, 11) is 1.61. The highest BCUT2D eigenvalue weighted by molar-refractivity contribution is 7.15. The van der Waals surface area contributed by atoms with Crippen LogP contribution in [0.5, 0.6) is 11.5 Å². The quantitative estimate of drug-likeness (QED) is 0.473. The summed E-state index contributed by atoms with van der Waals surface area (Å²) in [5, 5.41) is 4.36. The van der Waals surface area contributed by atoms with Gasteiger partial charge in [-0.3, -0.25) is 4.79 Å². The Balaban J connectivity index is 1.65. The molecule has 0 unspecified atom stereocenters. The Morgan fingerprint density at radius 1 is 1.11 bits per heavy atom. The van der Waals surface area contributed by atoms with E-state index >= 15 is 0 Å². The Bertz CT molecular complexity index is 1230. The van der Waals surface area contributed by atoms with Crippen LogP contribution in [0.1, 0.15) is 5.56 Å². The van der Waals surface area contributed by atoms with Crippen LogP contribution in [0, 0.1) is 0 Å². The summed E-state index contributed by atoms with van der Waals surface area (Å²) >= 11 is 1.31. The van der Waals surface area contributed by atoms with Gasteiger partial charge in [-0.25, -0.2) is 0 Å². The summed E-state index contributed by atoms with van der Waals surface area (Å²) in [5.41, 5.74) is 1.55. The molecular formula is C21H17N3O3S. The summed E-state index contributed by atoms with van der Waals surface area (Å²) in [6.45, 7) is 4.08. The second-order valence-electron chi connectivity index (χ2n) is 5.94. The third kappa shape index (κ3) is 3.52. The maximum Gasteiger partial charge on any atom is 0.291 e. The number of aromatic nitrogens is 3. The number of thiazole rings is 1. The molecule has 2 heterocycles. The van der Waals surface area contributed by atoms with Crippen LogP contribution in [0.15, 0.2) is 66.0 Å². The molecule has 140 valence electrons. The van der Waals surface area contributed by atoms with Gasteiger partial charge < -0.3 is 9.47 Å². The first-order valence-corrected chi connectivity index (χ1v) is 9.39. The summed E-state index contributed by atoms with van der Waals surface area (Å²) in [5.74, 6) is 2.03. The number of ether oxygens (including phenoxy) is 2. The highest BCUT2D eigenvalue weighted by atomic mass is 32.1. The van der Waals surface area contributed by atoms with Gasteiger partial charge in [-0.1, -0.05) is 36.1 Å². The molecule has 0 radical (unpaired) electrons. The van der Waals surface area contributed by atoms with Crippen LogP contribution < -0.4 is 19.6 Å². The molecule has 4 rings (SSSR count). The van der Waals surface area contributed by atoms with E-state index in [0.29, 0.717) is 21.9 Å². The van der Waals surface area contributed by atoms with Crippen LogP contribution in [0.4, 0.5) is 0 Å². The maximum absolute atomic E-state index is 12.7.